The molecule has 0 aromatic carbocycles. The Hall–Kier alpha value is -0.0900. The maximum atomic E-state index is 11.7. The number of hydrogen-bond donors (Lipinski definition) is 1. The van der Waals surface area contributed by atoms with Crippen molar-refractivity contribution < 1.29 is 8.42 Å². The molecule has 0 bridgehead atoms. The molecule has 2 atom stereocenters. The first kappa shape index (κ1) is 14.0. The lowest BCUT2D eigenvalue weighted by Crippen LogP contribution is -2.47. The van der Waals surface area contributed by atoms with Crippen LogP contribution >= 0.6 is 0 Å². The minimum atomic E-state index is -2.94. The smallest absolute Gasteiger partial charge is 0.151 e. The third-order valence-corrected chi connectivity index (χ3v) is 5.42. The van der Waals surface area contributed by atoms with Crippen LogP contribution in [0.3, 0.4) is 0 Å². The molecule has 0 aromatic rings. The molecule has 3 nitrogen and oxygen atoms in total. The van der Waals surface area contributed by atoms with Gasteiger partial charge in [0.25, 0.3) is 0 Å². The Morgan fingerprint density at radius 1 is 1.25 bits per heavy atom. The first-order valence-corrected chi connectivity index (χ1v) is 8.34. The van der Waals surface area contributed by atoms with Gasteiger partial charge in [0.1, 0.15) is 0 Å². The van der Waals surface area contributed by atoms with Gasteiger partial charge in [0.05, 0.1) is 5.25 Å². The van der Waals surface area contributed by atoms with E-state index in [4.69, 9.17) is 0 Å². The molecule has 2 unspecified atom stereocenters. The number of nitrogens with one attached hydrogen (secondary N) is 1. The normalized spacial score (nSPS) is 22.9. The summed E-state index contributed by atoms with van der Waals surface area (Å²) in [5.41, 5.74) is 0. The third kappa shape index (κ3) is 3.74. The first-order chi connectivity index (χ1) is 7.46. The van der Waals surface area contributed by atoms with Crippen LogP contribution in [-0.4, -0.2) is 32.5 Å². The van der Waals surface area contributed by atoms with Crippen LogP contribution in [-0.2, 0) is 9.84 Å². The van der Waals surface area contributed by atoms with Gasteiger partial charge in [0.15, 0.2) is 9.84 Å². The maximum Gasteiger partial charge on any atom is 0.151 e. The summed E-state index contributed by atoms with van der Waals surface area (Å²) >= 11 is 0. The molecule has 1 rings (SSSR count). The molecule has 1 aliphatic carbocycles. The molecule has 1 saturated carbocycles. The highest BCUT2D eigenvalue weighted by atomic mass is 32.2. The predicted molar refractivity (Wildman–Crippen MR) is 68.3 cm³/mol. The van der Waals surface area contributed by atoms with Crippen LogP contribution in [0.15, 0.2) is 0 Å². The Morgan fingerprint density at radius 3 is 2.25 bits per heavy atom. The zero-order valence-electron chi connectivity index (χ0n) is 10.7. The number of hydrogen-bond acceptors (Lipinski definition) is 3. The lowest BCUT2D eigenvalue weighted by Gasteiger charge is -2.34. The second kappa shape index (κ2) is 6.01. The van der Waals surface area contributed by atoms with E-state index >= 15 is 0 Å². The summed E-state index contributed by atoms with van der Waals surface area (Å²) in [4.78, 5) is 0. The van der Waals surface area contributed by atoms with Gasteiger partial charge in [-0.2, -0.15) is 0 Å². The van der Waals surface area contributed by atoms with Gasteiger partial charge in [0, 0.05) is 12.3 Å². The van der Waals surface area contributed by atoms with Crippen molar-refractivity contribution in [2.75, 3.05) is 12.8 Å². The van der Waals surface area contributed by atoms with Gasteiger partial charge in [-0.05, 0) is 32.2 Å². The van der Waals surface area contributed by atoms with Crippen molar-refractivity contribution in [3.05, 3.63) is 0 Å². The SMILES string of the molecule is CCNC(C1CCCCC1)C(C)S(C)(=O)=O. The molecule has 1 N–H and O–H groups in total. The first-order valence-electron chi connectivity index (χ1n) is 6.39. The average molecular weight is 247 g/mol. The van der Waals surface area contributed by atoms with E-state index in [1.165, 1.54) is 38.4 Å². The summed E-state index contributed by atoms with van der Waals surface area (Å²) in [7, 11) is -2.94. The standard InChI is InChI=1S/C12H25NO2S/c1-4-13-12(10(2)16(3,14)15)11-8-6-5-7-9-11/h10-13H,4-9H2,1-3H3. The van der Waals surface area contributed by atoms with Crippen molar-refractivity contribution in [1.82, 2.24) is 5.32 Å². The topological polar surface area (TPSA) is 46.2 Å². The van der Waals surface area contributed by atoms with Crippen LogP contribution in [0.5, 0.6) is 0 Å². The van der Waals surface area contributed by atoms with Crippen LogP contribution in [0, 0.1) is 5.92 Å². The monoisotopic (exact) mass is 247 g/mol. The highest BCUT2D eigenvalue weighted by molar-refractivity contribution is 7.91. The van der Waals surface area contributed by atoms with Gasteiger partial charge in [-0.3, -0.25) is 0 Å². The van der Waals surface area contributed by atoms with Crippen LogP contribution in [0.2, 0.25) is 0 Å². The summed E-state index contributed by atoms with van der Waals surface area (Å²) in [5.74, 6) is 0.540. The highest BCUT2D eigenvalue weighted by Gasteiger charge is 2.32. The van der Waals surface area contributed by atoms with Gasteiger partial charge in [-0.25, -0.2) is 8.42 Å². The van der Waals surface area contributed by atoms with Crippen LogP contribution in [0.4, 0.5) is 0 Å². The Morgan fingerprint density at radius 2 is 1.81 bits per heavy atom. The van der Waals surface area contributed by atoms with E-state index in [1.807, 2.05) is 13.8 Å². The largest absolute Gasteiger partial charge is 0.313 e. The third-order valence-electron chi connectivity index (χ3n) is 3.78. The Kier molecular flexibility index (Phi) is 5.25. The van der Waals surface area contributed by atoms with E-state index in [-0.39, 0.29) is 11.3 Å². The summed E-state index contributed by atoms with van der Waals surface area (Å²) < 4.78 is 23.3. The van der Waals surface area contributed by atoms with E-state index in [9.17, 15) is 8.42 Å². The fourth-order valence-corrected chi connectivity index (χ4v) is 3.56. The zero-order chi connectivity index (χ0) is 12.2. The van der Waals surface area contributed by atoms with Crippen molar-refractivity contribution in [1.29, 1.82) is 0 Å². The summed E-state index contributed by atoms with van der Waals surface area (Å²) in [5, 5.41) is 3.11. The second-order valence-electron chi connectivity index (χ2n) is 5.02. The molecule has 1 aliphatic rings. The van der Waals surface area contributed by atoms with Crippen molar-refractivity contribution >= 4 is 9.84 Å². The van der Waals surface area contributed by atoms with Gasteiger partial charge in [-0.15, -0.1) is 0 Å². The maximum absolute atomic E-state index is 11.7. The van der Waals surface area contributed by atoms with Crippen molar-refractivity contribution in [2.24, 2.45) is 5.92 Å². The molecule has 0 radical (unpaired) electrons. The molecule has 96 valence electrons. The number of sulfone groups is 1. The molecule has 0 heterocycles. The van der Waals surface area contributed by atoms with E-state index in [0.717, 1.165) is 6.54 Å². The molecule has 0 aliphatic heterocycles. The van der Waals surface area contributed by atoms with Crippen LogP contribution < -0.4 is 5.32 Å². The molecular formula is C12H25NO2S. The Balaban J connectivity index is 2.72. The minimum absolute atomic E-state index is 0.139. The molecule has 0 saturated heterocycles. The van der Waals surface area contributed by atoms with Crippen LogP contribution in [0.25, 0.3) is 0 Å². The van der Waals surface area contributed by atoms with Gasteiger partial charge in [-0.1, -0.05) is 26.2 Å². The fourth-order valence-electron chi connectivity index (χ4n) is 2.71. The van der Waals surface area contributed by atoms with Crippen molar-refractivity contribution in [3.63, 3.8) is 0 Å². The Bertz CT molecular complexity index is 294. The molecular weight excluding hydrogens is 222 g/mol. The molecule has 0 amide bonds. The van der Waals surface area contributed by atoms with E-state index in [1.54, 1.807) is 0 Å². The van der Waals surface area contributed by atoms with Gasteiger partial charge >= 0.3 is 0 Å². The molecule has 0 aromatic heterocycles. The quantitative estimate of drug-likeness (QED) is 0.808. The molecule has 0 spiro atoms. The summed E-state index contributed by atoms with van der Waals surface area (Å²) in [6, 6.07) is 0.139. The predicted octanol–water partition coefficient (Wildman–Crippen LogP) is 1.98. The summed E-state index contributed by atoms with van der Waals surface area (Å²) in [6.07, 6.45) is 7.52. The van der Waals surface area contributed by atoms with E-state index < -0.39 is 9.84 Å². The van der Waals surface area contributed by atoms with Gasteiger partial charge < -0.3 is 5.32 Å². The average Bonchev–Trinajstić information content (AvgIpc) is 2.25. The van der Waals surface area contributed by atoms with Crippen molar-refractivity contribution in [3.8, 4) is 0 Å². The lowest BCUT2D eigenvalue weighted by atomic mass is 9.83. The lowest BCUT2D eigenvalue weighted by molar-refractivity contribution is 0.267. The zero-order valence-corrected chi connectivity index (χ0v) is 11.5. The Labute approximate surface area is 99.9 Å². The van der Waals surface area contributed by atoms with E-state index in [0.29, 0.717) is 5.92 Å². The fraction of sp³-hybridized carbons (Fsp3) is 1.00. The number of rotatable bonds is 5. The molecule has 1 fully saturated rings. The minimum Gasteiger partial charge on any atom is -0.313 e. The van der Waals surface area contributed by atoms with Crippen molar-refractivity contribution in [2.45, 2.75) is 57.2 Å². The highest BCUT2D eigenvalue weighted by Crippen LogP contribution is 2.29. The van der Waals surface area contributed by atoms with Gasteiger partial charge in [0.2, 0.25) is 0 Å². The summed E-state index contributed by atoms with van der Waals surface area (Å²) in [6.45, 7) is 4.74. The second-order valence-corrected chi connectivity index (χ2v) is 7.42. The van der Waals surface area contributed by atoms with E-state index in [2.05, 4.69) is 5.32 Å². The molecule has 16 heavy (non-hydrogen) atoms. The molecule has 4 heteroatoms. The van der Waals surface area contributed by atoms with Crippen LogP contribution in [0.1, 0.15) is 46.0 Å².